The molecule has 2 aromatic rings. The van der Waals surface area contributed by atoms with Crippen molar-refractivity contribution >= 4 is 11.6 Å². The molecule has 0 radical (unpaired) electrons. The van der Waals surface area contributed by atoms with Gasteiger partial charge in [0.05, 0.1) is 11.4 Å². The molecule has 0 bridgehead atoms. The first-order valence-electron chi connectivity index (χ1n) is 6.04. The molecule has 5 nitrogen and oxygen atoms in total. The molecule has 0 aliphatic carbocycles. The summed E-state index contributed by atoms with van der Waals surface area (Å²) in [4.78, 5) is 14.4. The summed E-state index contributed by atoms with van der Waals surface area (Å²) in [5.41, 5.74) is 8.05. The number of nitrogens with zero attached hydrogens (tertiary/aromatic N) is 1. The highest BCUT2D eigenvalue weighted by Crippen LogP contribution is 2.22. The summed E-state index contributed by atoms with van der Waals surface area (Å²) in [7, 11) is 1.64. The predicted octanol–water partition coefficient (Wildman–Crippen LogP) is 1.62. The van der Waals surface area contributed by atoms with Gasteiger partial charge < -0.3 is 16.0 Å². The van der Waals surface area contributed by atoms with Crippen molar-refractivity contribution in [2.24, 2.45) is 5.73 Å². The van der Waals surface area contributed by atoms with E-state index in [2.05, 4.69) is 10.3 Å². The topological polar surface area (TPSA) is 94.7 Å². The minimum absolute atomic E-state index is 0.103. The molecule has 0 saturated carbocycles. The lowest BCUT2D eigenvalue weighted by atomic mass is 10.1. The van der Waals surface area contributed by atoms with Crippen molar-refractivity contribution in [3.63, 3.8) is 0 Å². The van der Waals surface area contributed by atoms with Gasteiger partial charge in [-0.3, -0.25) is 4.79 Å². The summed E-state index contributed by atoms with van der Waals surface area (Å²) in [6.45, 7) is 0. The second kappa shape index (κ2) is 5.76. The van der Waals surface area contributed by atoms with E-state index >= 15 is 0 Å². The molecular formula is C15H14N4O. The molecule has 0 aliphatic rings. The highest BCUT2D eigenvalue weighted by Gasteiger charge is 2.14. The largest absolute Gasteiger partial charge is 0.385 e. The molecule has 0 spiro atoms. The van der Waals surface area contributed by atoms with Gasteiger partial charge in [-0.15, -0.1) is 0 Å². The number of nitrogens with two attached hydrogens (primary N) is 1. The Kier molecular flexibility index (Phi) is 3.87. The van der Waals surface area contributed by atoms with Crippen LogP contribution >= 0.6 is 0 Å². The number of aromatic nitrogens is 1. The zero-order chi connectivity index (χ0) is 14.5. The molecule has 0 saturated heterocycles. The molecular weight excluding hydrogens is 252 g/mol. The molecule has 100 valence electrons. The predicted molar refractivity (Wildman–Crippen MR) is 77.0 cm³/mol. The molecule has 20 heavy (non-hydrogen) atoms. The van der Waals surface area contributed by atoms with Crippen LogP contribution in [-0.2, 0) is 4.79 Å². The Morgan fingerprint density at radius 1 is 1.25 bits per heavy atom. The lowest BCUT2D eigenvalue weighted by Crippen LogP contribution is -2.19. The van der Waals surface area contributed by atoms with Gasteiger partial charge in [0.1, 0.15) is 11.6 Å². The third-order valence-corrected chi connectivity index (χ3v) is 2.90. The number of carbonyl (C=O) groups is 1. The molecule has 1 aromatic carbocycles. The molecule has 0 fully saturated rings. The Hall–Kier alpha value is -3.00. The van der Waals surface area contributed by atoms with Gasteiger partial charge in [0.25, 0.3) is 5.91 Å². The summed E-state index contributed by atoms with van der Waals surface area (Å²) in [6, 6.07) is 15.3. The second-order valence-electron chi connectivity index (χ2n) is 4.13. The third-order valence-electron chi connectivity index (χ3n) is 2.90. The SMILES string of the molecule is CN/C(=C(\C#N)C(N)=O)c1ccc(-c2ccccc2)[nH]1. The van der Waals surface area contributed by atoms with Gasteiger partial charge in [0.2, 0.25) is 0 Å². The molecule has 4 N–H and O–H groups in total. The van der Waals surface area contributed by atoms with Gasteiger partial charge in [-0.05, 0) is 17.7 Å². The maximum Gasteiger partial charge on any atom is 0.261 e. The first-order valence-corrected chi connectivity index (χ1v) is 6.04. The number of H-pyrrole nitrogens is 1. The molecule has 0 unspecified atom stereocenters. The number of rotatable bonds is 4. The lowest BCUT2D eigenvalue weighted by Gasteiger charge is -2.06. The van der Waals surface area contributed by atoms with Crippen LogP contribution in [0.2, 0.25) is 0 Å². The summed E-state index contributed by atoms with van der Waals surface area (Å²) < 4.78 is 0. The van der Waals surface area contributed by atoms with Crippen molar-refractivity contribution in [1.82, 2.24) is 10.3 Å². The Morgan fingerprint density at radius 2 is 1.95 bits per heavy atom. The van der Waals surface area contributed by atoms with Gasteiger partial charge in [-0.1, -0.05) is 30.3 Å². The van der Waals surface area contributed by atoms with Crippen molar-refractivity contribution in [1.29, 1.82) is 5.26 Å². The number of hydrogen-bond donors (Lipinski definition) is 3. The van der Waals surface area contributed by atoms with Crippen LogP contribution in [0.4, 0.5) is 0 Å². The van der Waals surface area contributed by atoms with Crippen molar-refractivity contribution in [2.45, 2.75) is 0 Å². The van der Waals surface area contributed by atoms with E-state index < -0.39 is 5.91 Å². The van der Waals surface area contributed by atoms with E-state index in [0.717, 1.165) is 11.3 Å². The summed E-state index contributed by atoms with van der Waals surface area (Å²) in [6.07, 6.45) is 0. The first kappa shape index (κ1) is 13.4. The van der Waals surface area contributed by atoms with Crippen molar-refractivity contribution in [3.8, 4) is 17.3 Å². The number of nitrogens with one attached hydrogen (secondary N) is 2. The molecule has 0 atom stereocenters. The van der Waals surface area contributed by atoms with Crippen molar-refractivity contribution in [2.75, 3.05) is 7.05 Å². The quantitative estimate of drug-likeness (QED) is 0.579. The van der Waals surface area contributed by atoms with Crippen LogP contribution in [0.15, 0.2) is 48.0 Å². The number of hydrogen-bond acceptors (Lipinski definition) is 3. The van der Waals surface area contributed by atoms with Gasteiger partial charge in [0, 0.05) is 12.7 Å². The Bertz CT molecular complexity index is 692. The smallest absolute Gasteiger partial charge is 0.261 e. The van der Waals surface area contributed by atoms with Crippen LogP contribution in [0, 0.1) is 11.3 Å². The van der Waals surface area contributed by atoms with E-state index in [1.165, 1.54) is 0 Å². The monoisotopic (exact) mass is 266 g/mol. The van der Waals surface area contributed by atoms with Gasteiger partial charge in [0.15, 0.2) is 0 Å². The van der Waals surface area contributed by atoms with Crippen LogP contribution in [0.25, 0.3) is 17.0 Å². The van der Waals surface area contributed by atoms with Crippen LogP contribution in [0.3, 0.4) is 0 Å². The van der Waals surface area contributed by atoms with Crippen LogP contribution in [-0.4, -0.2) is 17.9 Å². The molecule has 0 aliphatic heterocycles. The van der Waals surface area contributed by atoms with E-state index in [0.29, 0.717) is 11.4 Å². The zero-order valence-corrected chi connectivity index (χ0v) is 11.0. The lowest BCUT2D eigenvalue weighted by molar-refractivity contribution is -0.114. The first-order chi connectivity index (χ1) is 9.67. The van der Waals surface area contributed by atoms with Crippen LogP contribution < -0.4 is 11.1 Å². The van der Waals surface area contributed by atoms with Crippen LogP contribution in [0.1, 0.15) is 5.69 Å². The number of benzene rings is 1. The number of carbonyl (C=O) groups excluding carboxylic acids is 1. The van der Waals surface area contributed by atoms with E-state index in [1.807, 2.05) is 42.5 Å². The Balaban J connectivity index is 2.47. The summed E-state index contributed by atoms with van der Waals surface area (Å²) >= 11 is 0. The number of amides is 1. The molecule has 2 rings (SSSR count). The average Bonchev–Trinajstić information content (AvgIpc) is 2.94. The molecule has 1 aromatic heterocycles. The minimum Gasteiger partial charge on any atom is -0.385 e. The summed E-state index contributed by atoms with van der Waals surface area (Å²) in [5, 5.41) is 11.9. The standard InChI is InChI=1S/C15H14N4O/c1-18-14(11(9-16)15(17)20)13-8-7-12(19-13)10-5-3-2-4-6-10/h2-8,18-19H,1H3,(H2,17,20)/b14-11+. The van der Waals surface area contributed by atoms with E-state index in [4.69, 9.17) is 11.0 Å². The van der Waals surface area contributed by atoms with E-state index in [9.17, 15) is 4.79 Å². The minimum atomic E-state index is -0.757. The van der Waals surface area contributed by atoms with Gasteiger partial charge >= 0.3 is 0 Å². The highest BCUT2D eigenvalue weighted by molar-refractivity contribution is 6.03. The number of aromatic amines is 1. The number of primary amides is 1. The fourth-order valence-electron chi connectivity index (χ4n) is 1.96. The van der Waals surface area contributed by atoms with E-state index in [-0.39, 0.29) is 5.57 Å². The average molecular weight is 266 g/mol. The third kappa shape index (κ3) is 2.54. The number of nitriles is 1. The van der Waals surface area contributed by atoms with Gasteiger partial charge in [-0.2, -0.15) is 5.26 Å². The maximum atomic E-state index is 11.3. The fourth-order valence-corrected chi connectivity index (χ4v) is 1.96. The Morgan fingerprint density at radius 3 is 2.50 bits per heavy atom. The van der Waals surface area contributed by atoms with Gasteiger partial charge in [-0.25, -0.2) is 0 Å². The highest BCUT2D eigenvalue weighted by atomic mass is 16.1. The van der Waals surface area contributed by atoms with E-state index in [1.54, 1.807) is 13.1 Å². The van der Waals surface area contributed by atoms with Crippen molar-refractivity contribution < 1.29 is 4.79 Å². The molecule has 5 heteroatoms. The van der Waals surface area contributed by atoms with Crippen molar-refractivity contribution in [3.05, 3.63) is 53.7 Å². The summed E-state index contributed by atoms with van der Waals surface area (Å²) in [5.74, 6) is -0.757. The normalized spacial score (nSPS) is 11.4. The molecule has 1 heterocycles. The fraction of sp³-hybridized carbons (Fsp3) is 0.0667. The zero-order valence-electron chi connectivity index (χ0n) is 11.0. The van der Waals surface area contributed by atoms with Crippen LogP contribution in [0.5, 0.6) is 0 Å². The second-order valence-corrected chi connectivity index (χ2v) is 4.13. The molecule has 1 amide bonds. The Labute approximate surface area is 116 Å². The maximum absolute atomic E-state index is 11.3.